The molecular weight excluding hydrogens is 280 g/mol. The van der Waals surface area contributed by atoms with Gasteiger partial charge in [0.25, 0.3) is 0 Å². The van der Waals surface area contributed by atoms with Gasteiger partial charge in [-0.3, -0.25) is 0 Å². The zero-order valence-corrected chi connectivity index (χ0v) is 17.9. The summed E-state index contributed by atoms with van der Waals surface area (Å²) in [5.41, 5.74) is 0. The number of halogens is 1. The molecule has 0 nitrogen and oxygen atoms in total. The molecular formula is C18H39ClSi. The quantitative estimate of drug-likeness (QED) is 0.351. The first-order valence-electron chi connectivity index (χ1n) is 8.27. The van der Waals surface area contributed by atoms with Gasteiger partial charge in [0.1, 0.15) is 0 Å². The largest absolute Gasteiger partial charge is 0.173 e. The van der Waals surface area contributed by atoms with E-state index in [2.05, 4.69) is 83.1 Å². The maximum atomic E-state index is 7.74. The summed E-state index contributed by atoms with van der Waals surface area (Å²) in [7, 11) is -2.15. The lowest BCUT2D eigenvalue weighted by molar-refractivity contribution is 0.341. The first-order chi connectivity index (χ1) is 8.58. The van der Waals surface area contributed by atoms with Gasteiger partial charge >= 0.3 is 0 Å². The van der Waals surface area contributed by atoms with E-state index in [0.717, 1.165) is 0 Å². The molecule has 0 amide bonds. The van der Waals surface area contributed by atoms with Crippen molar-refractivity contribution in [3.63, 3.8) is 0 Å². The van der Waals surface area contributed by atoms with E-state index in [-0.39, 0.29) is 15.1 Å². The second kappa shape index (κ2) is 5.95. The summed E-state index contributed by atoms with van der Waals surface area (Å²) in [5.74, 6) is 1.80. The van der Waals surface area contributed by atoms with Crippen molar-refractivity contribution >= 4 is 18.5 Å². The Kier molecular flexibility index (Phi) is 6.10. The van der Waals surface area contributed by atoms with Gasteiger partial charge in [-0.25, -0.2) is 0 Å². The molecule has 0 aromatic carbocycles. The summed E-state index contributed by atoms with van der Waals surface area (Å²) >= 11 is 7.74. The average Bonchev–Trinajstić information content (AvgIpc) is 2.26. The molecule has 0 atom stereocenters. The Bertz CT molecular complexity index is 274. The molecule has 0 unspecified atom stereocenters. The SMILES string of the molecule is CC(C)C(C)(C)[Si](Cl)(C(C)(C)C(C)C)C(C)(C)C(C)C. The molecule has 0 rings (SSSR count). The molecule has 0 bridgehead atoms. The molecule has 0 spiro atoms. The highest BCUT2D eigenvalue weighted by atomic mass is 35.6. The van der Waals surface area contributed by atoms with Crippen LogP contribution in [0, 0.1) is 17.8 Å². The van der Waals surface area contributed by atoms with Gasteiger partial charge in [-0.15, -0.1) is 0 Å². The van der Waals surface area contributed by atoms with Gasteiger partial charge in [0.05, 0.1) is 0 Å². The van der Waals surface area contributed by atoms with E-state index in [9.17, 15) is 0 Å². The fourth-order valence-electron chi connectivity index (χ4n) is 3.68. The van der Waals surface area contributed by atoms with Gasteiger partial charge in [0.2, 0.25) is 0 Å². The van der Waals surface area contributed by atoms with Crippen LogP contribution in [0.25, 0.3) is 0 Å². The highest BCUT2D eigenvalue weighted by Crippen LogP contribution is 2.70. The van der Waals surface area contributed by atoms with Crippen molar-refractivity contribution in [1.29, 1.82) is 0 Å². The smallest absolute Gasteiger partial charge is 0.165 e. The molecule has 0 saturated carbocycles. The van der Waals surface area contributed by atoms with Crippen LogP contribution in [0.1, 0.15) is 83.1 Å². The molecule has 20 heavy (non-hydrogen) atoms. The number of hydrogen-bond donors (Lipinski definition) is 0. The van der Waals surface area contributed by atoms with Gasteiger partial charge in [-0.05, 0) is 32.9 Å². The molecule has 0 fully saturated rings. The maximum absolute atomic E-state index is 7.74. The molecule has 2 heteroatoms. The third kappa shape index (κ3) is 2.74. The molecule has 0 heterocycles. The third-order valence-corrected chi connectivity index (χ3v) is 18.4. The van der Waals surface area contributed by atoms with E-state index >= 15 is 0 Å². The van der Waals surface area contributed by atoms with Crippen LogP contribution in [-0.2, 0) is 0 Å². The van der Waals surface area contributed by atoms with E-state index in [0.29, 0.717) is 17.8 Å². The zero-order valence-electron chi connectivity index (χ0n) is 16.1. The van der Waals surface area contributed by atoms with Gasteiger partial charge in [0.15, 0.2) is 7.38 Å². The lowest BCUT2D eigenvalue weighted by Gasteiger charge is -2.62. The normalized spacial score (nSPS) is 15.6. The molecule has 0 aliphatic heterocycles. The van der Waals surface area contributed by atoms with Gasteiger partial charge in [-0.1, -0.05) is 83.1 Å². The lowest BCUT2D eigenvalue weighted by atomic mass is 9.95. The molecule has 0 saturated heterocycles. The van der Waals surface area contributed by atoms with Crippen molar-refractivity contribution in [2.75, 3.05) is 0 Å². The first kappa shape index (κ1) is 20.5. The van der Waals surface area contributed by atoms with Gasteiger partial charge in [0, 0.05) is 0 Å². The van der Waals surface area contributed by atoms with Crippen LogP contribution in [0.2, 0.25) is 15.1 Å². The summed E-state index contributed by atoms with van der Waals surface area (Å²) in [5, 5.41) is 0.572. The minimum Gasteiger partial charge on any atom is -0.165 e. The molecule has 0 aromatic rings. The molecule has 0 aromatic heterocycles. The van der Waals surface area contributed by atoms with Gasteiger partial charge < -0.3 is 0 Å². The number of hydrogen-bond acceptors (Lipinski definition) is 0. The predicted octanol–water partition coefficient (Wildman–Crippen LogP) is 7.48. The zero-order chi connectivity index (χ0) is 16.7. The summed E-state index contributed by atoms with van der Waals surface area (Å²) in [6, 6.07) is 0. The van der Waals surface area contributed by atoms with E-state index in [1.165, 1.54) is 0 Å². The van der Waals surface area contributed by atoms with Crippen molar-refractivity contribution in [1.82, 2.24) is 0 Å². The maximum Gasteiger partial charge on any atom is 0.173 e. The predicted molar refractivity (Wildman–Crippen MR) is 98.2 cm³/mol. The number of rotatable bonds is 6. The second-order valence-electron chi connectivity index (χ2n) is 9.29. The van der Waals surface area contributed by atoms with Crippen LogP contribution < -0.4 is 0 Å². The summed E-state index contributed by atoms with van der Waals surface area (Å²) < 4.78 is 0. The summed E-state index contributed by atoms with van der Waals surface area (Å²) in [6.45, 7) is 28.6. The van der Waals surface area contributed by atoms with Crippen LogP contribution in [0.4, 0.5) is 0 Å². The standard InChI is InChI=1S/C18H39ClSi/c1-13(2)16(7,8)20(19,17(9,10)14(3)4)18(11,12)15(5)6/h13-15H,1-12H3. The topological polar surface area (TPSA) is 0 Å². The van der Waals surface area contributed by atoms with Crippen molar-refractivity contribution in [3.8, 4) is 0 Å². The highest BCUT2D eigenvalue weighted by molar-refractivity contribution is 7.25. The Hall–Kier alpha value is 0.507. The van der Waals surface area contributed by atoms with Crippen LogP contribution in [-0.4, -0.2) is 7.38 Å². The fourth-order valence-corrected chi connectivity index (χ4v) is 13.0. The van der Waals surface area contributed by atoms with Gasteiger partial charge in [-0.2, -0.15) is 11.1 Å². The molecule has 122 valence electrons. The van der Waals surface area contributed by atoms with Crippen molar-refractivity contribution in [3.05, 3.63) is 0 Å². The van der Waals surface area contributed by atoms with Crippen LogP contribution in [0.3, 0.4) is 0 Å². The molecule has 0 aliphatic rings. The Morgan fingerprint density at radius 1 is 0.550 bits per heavy atom. The highest BCUT2D eigenvalue weighted by Gasteiger charge is 2.66. The van der Waals surface area contributed by atoms with E-state index in [1.807, 2.05) is 0 Å². The Morgan fingerprint density at radius 3 is 0.800 bits per heavy atom. The Morgan fingerprint density at radius 2 is 0.700 bits per heavy atom. The fraction of sp³-hybridized carbons (Fsp3) is 1.00. The monoisotopic (exact) mass is 318 g/mol. The minimum atomic E-state index is -2.15. The third-order valence-electron chi connectivity index (χ3n) is 6.99. The average molecular weight is 319 g/mol. The van der Waals surface area contributed by atoms with Crippen LogP contribution >= 0.6 is 11.1 Å². The minimum absolute atomic E-state index is 0.191. The van der Waals surface area contributed by atoms with Crippen molar-refractivity contribution in [2.24, 2.45) is 17.8 Å². The summed E-state index contributed by atoms with van der Waals surface area (Å²) in [4.78, 5) is 0. The van der Waals surface area contributed by atoms with E-state index in [4.69, 9.17) is 11.1 Å². The van der Waals surface area contributed by atoms with Crippen molar-refractivity contribution < 1.29 is 0 Å². The molecule has 0 aliphatic carbocycles. The Balaban J connectivity index is 6.38. The second-order valence-corrected chi connectivity index (χ2v) is 16.2. The van der Waals surface area contributed by atoms with Crippen molar-refractivity contribution in [2.45, 2.75) is 98.2 Å². The Labute approximate surface area is 134 Å². The first-order valence-corrected chi connectivity index (χ1v) is 11.3. The van der Waals surface area contributed by atoms with E-state index in [1.54, 1.807) is 0 Å². The lowest BCUT2D eigenvalue weighted by Crippen LogP contribution is -2.60. The molecule has 0 radical (unpaired) electrons. The van der Waals surface area contributed by atoms with Crippen LogP contribution in [0.15, 0.2) is 0 Å². The van der Waals surface area contributed by atoms with Crippen LogP contribution in [0.5, 0.6) is 0 Å². The van der Waals surface area contributed by atoms with E-state index < -0.39 is 7.38 Å². The summed E-state index contributed by atoms with van der Waals surface area (Å²) in [6.07, 6.45) is 0. The molecule has 0 N–H and O–H groups in total.